The van der Waals surface area contributed by atoms with Crippen molar-refractivity contribution in [3.63, 3.8) is 0 Å². The van der Waals surface area contributed by atoms with E-state index in [9.17, 15) is 4.79 Å². The highest BCUT2D eigenvalue weighted by atomic mass is 16.7. The van der Waals surface area contributed by atoms with E-state index in [1.807, 2.05) is 36.4 Å². The fourth-order valence-electron chi connectivity index (χ4n) is 2.97. The second-order valence-electron chi connectivity index (χ2n) is 6.25. The van der Waals surface area contributed by atoms with Crippen molar-refractivity contribution in [2.45, 2.75) is 6.17 Å². The molecule has 0 aromatic heterocycles. The summed E-state index contributed by atoms with van der Waals surface area (Å²) in [6.45, 7) is 0. The second kappa shape index (κ2) is 7.50. The Morgan fingerprint density at radius 2 is 1.57 bits per heavy atom. The number of carbonyl (C=O) groups excluding carboxylic acids is 1. The number of urea groups is 1. The van der Waals surface area contributed by atoms with E-state index in [0.717, 1.165) is 22.7 Å². The van der Waals surface area contributed by atoms with Gasteiger partial charge in [0.2, 0.25) is 0 Å². The molecule has 1 atom stereocenters. The molecule has 4 N–H and O–H groups in total. The molecular weight excluding hydrogens is 356 g/mol. The van der Waals surface area contributed by atoms with Crippen LogP contribution in [0.1, 0.15) is 11.7 Å². The van der Waals surface area contributed by atoms with Gasteiger partial charge in [-0.3, -0.25) is 0 Å². The van der Waals surface area contributed by atoms with Crippen LogP contribution in [0, 0.1) is 0 Å². The van der Waals surface area contributed by atoms with E-state index in [0.29, 0.717) is 11.4 Å². The minimum absolute atomic E-state index is 0.334. The summed E-state index contributed by atoms with van der Waals surface area (Å²) in [6.07, 6.45) is -0.381. The highest BCUT2D eigenvalue weighted by molar-refractivity contribution is 5.99. The van der Waals surface area contributed by atoms with Crippen LogP contribution in [0.2, 0.25) is 0 Å². The maximum Gasteiger partial charge on any atom is 0.323 e. The molecule has 28 heavy (non-hydrogen) atoms. The summed E-state index contributed by atoms with van der Waals surface area (Å²) >= 11 is 0. The number of benzene rings is 3. The first-order valence-corrected chi connectivity index (χ1v) is 8.78. The number of nitrogens with zero attached hydrogens (tertiary/aromatic N) is 1. The van der Waals surface area contributed by atoms with E-state index in [4.69, 9.17) is 15.3 Å². The van der Waals surface area contributed by atoms with Crippen molar-refractivity contribution in [2.24, 2.45) is 5.73 Å². The van der Waals surface area contributed by atoms with Crippen LogP contribution in [0.4, 0.5) is 21.9 Å². The van der Waals surface area contributed by atoms with Crippen molar-refractivity contribution in [3.05, 3.63) is 78.4 Å². The first-order chi connectivity index (χ1) is 13.6. The monoisotopic (exact) mass is 376 g/mol. The lowest BCUT2D eigenvalue weighted by Crippen LogP contribution is -2.31. The minimum atomic E-state index is -0.381. The molecule has 0 spiro atoms. The van der Waals surface area contributed by atoms with Crippen LogP contribution in [0.15, 0.2) is 72.8 Å². The van der Waals surface area contributed by atoms with Gasteiger partial charge in [-0.25, -0.2) is 4.79 Å². The highest BCUT2D eigenvalue weighted by Crippen LogP contribution is 2.37. The largest absolute Gasteiger partial charge is 0.497 e. The standard InChI is InChI=1S/C21H20N4O3/c1-27-17-12-8-15(9-13-17)24-21(26)23-14-6-10-16(11-7-14)25-20(22)18-4-2-3-5-19(18)28-25/h2-13,20H,22H2,1H3,(H2,23,24,26). The van der Waals surface area contributed by atoms with Crippen LogP contribution in [0.25, 0.3) is 0 Å². The van der Waals surface area contributed by atoms with E-state index in [2.05, 4.69) is 10.6 Å². The van der Waals surface area contributed by atoms with Crippen LogP contribution < -0.4 is 31.0 Å². The van der Waals surface area contributed by atoms with Crippen LogP contribution in [-0.4, -0.2) is 13.1 Å². The predicted molar refractivity (Wildman–Crippen MR) is 109 cm³/mol. The Morgan fingerprint density at radius 3 is 2.18 bits per heavy atom. The molecule has 1 aliphatic rings. The normalized spacial score (nSPS) is 14.8. The van der Waals surface area contributed by atoms with E-state index in [-0.39, 0.29) is 12.2 Å². The fourth-order valence-corrected chi connectivity index (χ4v) is 2.97. The number of hydrogen-bond acceptors (Lipinski definition) is 5. The zero-order valence-electron chi connectivity index (χ0n) is 15.3. The van der Waals surface area contributed by atoms with Gasteiger partial charge in [0.15, 0.2) is 5.75 Å². The number of carbonyl (C=O) groups is 1. The average molecular weight is 376 g/mol. The van der Waals surface area contributed by atoms with Crippen LogP contribution >= 0.6 is 0 Å². The molecule has 0 bridgehead atoms. The van der Waals surface area contributed by atoms with Gasteiger partial charge in [-0.15, -0.1) is 0 Å². The predicted octanol–water partition coefficient (Wildman–Crippen LogP) is 4.11. The summed E-state index contributed by atoms with van der Waals surface area (Å²) in [5.41, 5.74) is 9.31. The first-order valence-electron chi connectivity index (χ1n) is 8.78. The topological polar surface area (TPSA) is 88.8 Å². The van der Waals surface area contributed by atoms with Gasteiger partial charge in [0.05, 0.1) is 12.8 Å². The molecule has 142 valence electrons. The van der Waals surface area contributed by atoms with Gasteiger partial charge >= 0.3 is 6.03 Å². The first kappa shape index (κ1) is 17.7. The number of rotatable bonds is 4. The van der Waals surface area contributed by atoms with Gasteiger partial charge in [0.1, 0.15) is 11.9 Å². The van der Waals surface area contributed by atoms with Crippen LogP contribution in [-0.2, 0) is 0 Å². The van der Waals surface area contributed by atoms with Gasteiger partial charge in [0.25, 0.3) is 0 Å². The van der Waals surface area contributed by atoms with E-state index in [1.165, 1.54) is 0 Å². The Kier molecular flexibility index (Phi) is 4.74. The SMILES string of the molecule is COc1ccc(NC(=O)Nc2ccc(N3Oc4ccccc4C3N)cc2)cc1. The lowest BCUT2D eigenvalue weighted by molar-refractivity contribution is 0.262. The van der Waals surface area contributed by atoms with Crippen molar-refractivity contribution < 1.29 is 14.4 Å². The summed E-state index contributed by atoms with van der Waals surface area (Å²) in [5.74, 6) is 1.47. The molecule has 4 rings (SSSR count). The fraction of sp³-hybridized carbons (Fsp3) is 0.0952. The van der Waals surface area contributed by atoms with Crippen molar-refractivity contribution in [1.29, 1.82) is 0 Å². The van der Waals surface area contributed by atoms with Gasteiger partial charge < -0.3 is 25.9 Å². The molecule has 0 fully saturated rings. The lowest BCUT2D eigenvalue weighted by Gasteiger charge is -2.21. The number of ether oxygens (including phenoxy) is 1. The average Bonchev–Trinajstić information content (AvgIpc) is 3.06. The second-order valence-corrected chi connectivity index (χ2v) is 6.25. The molecular formula is C21H20N4O3. The summed E-state index contributed by atoms with van der Waals surface area (Å²) in [5, 5.41) is 7.21. The van der Waals surface area contributed by atoms with Crippen LogP contribution in [0.5, 0.6) is 11.5 Å². The Bertz CT molecular complexity index is 974. The molecule has 3 aromatic rings. The van der Waals surface area contributed by atoms with E-state index >= 15 is 0 Å². The molecule has 0 radical (unpaired) electrons. The smallest absolute Gasteiger partial charge is 0.323 e. The Hall–Kier alpha value is -3.71. The third-order valence-corrected chi connectivity index (χ3v) is 4.41. The highest BCUT2D eigenvalue weighted by Gasteiger charge is 2.29. The Morgan fingerprint density at radius 1 is 0.964 bits per heavy atom. The van der Waals surface area contributed by atoms with Crippen molar-refractivity contribution in [1.82, 2.24) is 0 Å². The number of amides is 2. The van der Waals surface area contributed by atoms with Crippen molar-refractivity contribution >= 4 is 23.1 Å². The number of hydrogen-bond donors (Lipinski definition) is 3. The van der Waals surface area contributed by atoms with Gasteiger partial charge in [-0.05, 0) is 54.6 Å². The maximum atomic E-state index is 12.2. The number of para-hydroxylation sites is 1. The van der Waals surface area contributed by atoms with Gasteiger partial charge in [-0.1, -0.05) is 18.2 Å². The molecule has 0 saturated heterocycles. The molecule has 1 unspecified atom stereocenters. The van der Waals surface area contributed by atoms with Gasteiger partial charge in [0, 0.05) is 16.9 Å². The molecule has 3 aromatic carbocycles. The zero-order valence-corrected chi connectivity index (χ0v) is 15.3. The Balaban J connectivity index is 1.39. The molecule has 2 amide bonds. The Labute approximate surface area is 162 Å². The number of anilines is 3. The number of methoxy groups -OCH3 is 1. The molecule has 0 saturated carbocycles. The third kappa shape index (κ3) is 3.56. The van der Waals surface area contributed by atoms with E-state index in [1.54, 1.807) is 48.6 Å². The summed E-state index contributed by atoms with van der Waals surface area (Å²) in [6, 6.07) is 21.7. The summed E-state index contributed by atoms with van der Waals surface area (Å²) in [7, 11) is 1.59. The molecule has 1 aliphatic heterocycles. The quantitative estimate of drug-likeness (QED) is 0.638. The van der Waals surface area contributed by atoms with Crippen molar-refractivity contribution in [2.75, 3.05) is 22.8 Å². The molecule has 7 nitrogen and oxygen atoms in total. The van der Waals surface area contributed by atoms with Gasteiger partial charge in [-0.2, -0.15) is 5.06 Å². The van der Waals surface area contributed by atoms with Crippen molar-refractivity contribution in [3.8, 4) is 11.5 Å². The number of hydroxylamine groups is 1. The zero-order chi connectivity index (χ0) is 19.5. The number of fused-ring (bicyclic) bond motifs is 1. The number of nitrogens with two attached hydrogens (primary N) is 1. The van der Waals surface area contributed by atoms with Crippen LogP contribution in [0.3, 0.4) is 0 Å². The molecule has 0 aliphatic carbocycles. The van der Waals surface area contributed by atoms with E-state index < -0.39 is 0 Å². The number of nitrogens with one attached hydrogen (secondary N) is 2. The summed E-state index contributed by atoms with van der Waals surface area (Å²) in [4.78, 5) is 18.0. The summed E-state index contributed by atoms with van der Waals surface area (Å²) < 4.78 is 5.10. The maximum absolute atomic E-state index is 12.2. The third-order valence-electron chi connectivity index (χ3n) is 4.41. The molecule has 7 heteroatoms. The molecule has 1 heterocycles. The lowest BCUT2D eigenvalue weighted by atomic mass is 10.1. The minimum Gasteiger partial charge on any atom is -0.497 e.